The van der Waals surface area contributed by atoms with E-state index in [1.54, 1.807) is 44.2 Å². The molecule has 16 heteroatoms. The van der Waals surface area contributed by atoms with Gasteiger partial charge in [-0.25, -0.2) is 9.55 Å². The molecule has 1 fully saturated rings. The summed E-state index contributed by atoms with van der Waals surface area (Å²) in [6.07, 6.45) is 24.8. The van der Waals surface area contributed by atoms with Gasteiger partial charge in [0, 0.05) is 12.8 Å². The van der Waals surface area contributed by atoms with Crippen molar-refractivity contribution in [1.82, 2.24) is 24.6 Å². The van der Waals surface area contributed by atoms with Crippen LogP contribution >= 0.6 is 7.75 Å². The molecule has 0 radical (unpaired) electrons. The summed E-state index contributed by atoms with van der Waals surface area (Å²) < 4.78 is 59.6. The van der Waals surface area contributed by atoms with E-state index in [1.165, 1.54) is 101 Å². The largest absolute Gasteiger partial charge is 0.462 e. The number of fused-ring (bicyclic) bond motifs is 1. The van der Waals surface area contributed by atoms with Gasteiger partial charge >= 0.3 is 25.8 Å². The van der Waals surface area contributed by atoms with Crippen LogP contribution in [-0.4, -0.2) is 61.9 Å². The zero-order valence-corrected chi connectivity index (χ0v) is 36.8. The number of hydrogen-bond acceptors (Lipinski definition) is 12. The van der Waals surface area contributed by atoms with Crippen LogP contribution < -0.4 is 15.3 Å². The van der Waals surface area contributed by atoms with E-state index in [9.17, 15) is 18.5 Å². The predicted octanol–water partition coefficient (Wildman–Crippen LogP) is 9.93. The summed E-state index contributed by atoms with van der Waals surface area (Å²) >= 11 is 0. The number of carbonyl (C=O) groups excluding carboxylic acids is 2. The van der Waals surface area contributed by atoms with Gasteiger partial charge in [0.2, 0.25) is 0 Å². The first-order valence-electron chi connectivity index (χ1n) is 21.9. The lowest BCUT2D eigenvalue weighted by Crippen LogP contribution is -2.45. The molecule has 4 rings (SSSR count). The number of nitrogens with one attached hydrogen (secondary N) is 1. The third-order valence-corrected chi connectivity index (χ3v) is 12.1. The fraction of sp³-hybridized carbons (Fsp3) is 0.659. The number of nitrogens with two attached hydrogens (primary N) is 1. The molecule has 1 aromatic carbocycles. The standard InChI is InChI=1S/C44H66FN6O8P/c1-6-8-9-10-11-12-13-14-15-16-17-18-19-20-21-22-26-29-38(52)57-36-30-37(51-32-47-39-40(46)48-43(45)49-41(39)51)58-44(36,7-2)31-55-60(54,59-35-27-24-23-25-28-35)50-34(5)42(53)56-33(3)4/h2,23-25,27-28,32-34,36-37H,6,8-22,26,29-31H2,1,3-5H3,(H,50,54)(H2,46,48,49)/t34-,36-,37+,44+,60-/m0/s1. The Bertz CT molecular complexity index is 1860. The molecular weight excluding hydrogens is 790 g/mol. The van der Waals surface area contributed by atoms with Gasteiger partial charge in [-0.2, -0.15) is 19.4 Å². The lowest BCUT2D eigenvalue weighted by Gasteiger charge is -2.31. The Morgan fingerprint density at radius 3 is 2.12 bits per heavy atom. The molecule has 0 aliphatic carbocycles. The molecule has 5 atom stereocenters. The highest BCUT2D eigenvalue weighted by atomic mass is 31.2. The van der Waals surface area contributed by atoms with Crippen LogP contribution in [0.3, 0.4) is 0 Å². The average molecular weight is 857 g/mol. The number of benzene rings is 1. The molecule has 1 aliphatic heterocycles. The van der Waals surface area contributed by atoms with Crippen molar-refractivity contribution in [2.24, 2.45) is 0 Å². The van der Waals surface area contributed by atoms with Gasteiger partial charge in [0.15, 0.2) is 22.6 Å². The van der Waals surface area contributed by atoms with Crippen LogP contribution in [0, 0.1) is 18.4 Å². The fourth-order valence-electron chi connectivity index (χ4n) is 7.20. The summed E-state index contributed by atoms with van der Waals surface area (Å²) in [5.41, 5.74) is 4.24. The number of anilines is 1. The van der Waals surface area contributed by atoms with E-state index in [4.69, 9.17) is 35.4 Å². The number of carbonyl (C=O) groups is 2. The van der Waals surface area contributed by atoms with Crippen molar-refractivity contribution in [1.29, 1.82) is 0 Å². The summed E-state index contributed by atoms with van der Waals surface area (Å²) in [5, 5.41) is 2.63. The number of ether oxygens (including phenoxy) is 3. The van der Waals surface area contributed by atoms with Crippen LogP contribution in [0.15, 0.2) is 36.7 Å². The SMILES string of the molecule is C#C[C@]1(CO[P@@](=O)(N[C@@H](C)C(=O)OC(C)C)Oc2ccccc2)O[C@@H](n2cnc3c(N)nc(F)nc32)C[C@@H]1OC(=O)CCCCCCCCCCCCCCCCCCC. The van der Waals surface area contributed by atoms with Crippen LogP contribution in [-0.2, 0) is 32.9 Å². The summed E-state index contributed by atoms with van der Waals surface area (Å²) in [6.45, 7) is 6.47. The molecule has 60 heavy (non-hydrogen) atoms. The second-order valence-electron chi connectivity index (χ2n) is 15.9. The third kappa shape index (κ3) is 15.4. The first-order valence-corrected chi connectivity index (χ1v) is 23.4. The first-order chi connectivity index (χ1) is 28.9. The number of halogens is 1. The van der Waals surface area contributed by atoms with Crippen LogP contribution in [0.2, 0.25) is 0 Å². The van der Waals surface area contributed by atoms with E-state index in [2.05, 4.69) is 32.9 Å². The summed E-state index contributed by atoms with van der Waals surface area (Å²) in [5.74, 6) is 1.40. The molecule has 332 valence electrons. The first kappa shape index (κ1) is 48.6. The molecule has 0 bridgehead atoms. The maximum Gasteiger partial charge on any atom is 0.459 e. The maximum absolute atomic E-state index is 14.4. The highest BCUT2D eigenvalue weighted by molar-refractivity contribution is 7.52. The lowest BCUT2D eigenvalue weighted by molar-refractivity contribution is -0.158. The molecule has 3 heterocycles. The zero-order valence-electron chi connectivity index (χ0n) is 36.0. The zero-order chi connectivity index (χ0) is 43.4. The van der Waals surface area contributed by atoms with Gasteiger partial charge in [-0.05, 0) is 39.3 Å². The molecular formula is C44H66FN6O8P. The number of terminal acetylenes is 1. The van der Waals surface area contributed by atoms with Gasteiger partial charge in [0.1, 0.15) is 30.7 Å². The van der Waals surface area contributed by atoms with E-state index in [1.807, 2.05) is 0 Å². The van der Waals surface area contributed by atoms with E-state index in [0.717, 1.165) is 19.3 Å². The molecule has 0 saturated carbocycles. The van der Waals surface area contributed by atoms with Crippen LogP contribution in [0.1, 0.15) is 156 Å². The number of aromatic nitrogens is 4. The van der Waals surface area contributed by atoms with Crippen LogP contribution in [0.25, 0.3) is 11.2 Å². The molecule has 3 N–H and O–H groups in total. The van der Waals surface area contributed by atoms with E-state index in [-0.39, 0.29) is 35.6 Å². The van der Waals surface area contributed by atoms with Gasteiger partial charge in [0.25, 0.3) is 0 Å². The molecule has 3 aromatic rings. The number of rotatable bonds is 29. The molecule has 0 amide bonds. The number of nitrogen functional groups attached to an aromatic ring is 1. The van der Waals surface area contributed by atoms with Crippen molar-refractivity contribution in [2.75, 3.05) is 12.3 Å². The normalized spacial score (nSPS) is 19.2. The lowest BCUT2D eigenvalue weighted by atomic mass is 9.98. The number of imidazole rings is 1. The third-order valence-electron chi connectivity index (χ3n) is 10.5. The van der Waals surface area contributed by atoms with Gasteiger partial charge in [-0.1, -0.05) is 134 Å². The number of para-hydroxylation sites is 1. The minimum absolute atomic E-state index is 0.0241. The van der Waals surface area contributed by atoms with Gasteiger partial charge < -0.3 is 24.5 Å². The quantitative estimate of drug-likeness (QED) is 0.0222. The Labute approximate surface area is 355 Å². The Balaban J connectivity index is 1.35. The van der Waals surface area contributed by atoms with Crippen LogP contribution in [0.5, 0.6) is 5.75 Å². The van der Waals surface area contributed by atoms with E-state index in [0.29, 0.717) is 6.42 Å². The summed E-state index contributed by atoms with van der Waals surface area (Å²) in [6, 6.07) is 7.10. The molecule has 0 unspecified atom stereocenters. The minimum Gasteiger partial charge on any atom is -0.462 e. The maximum atomic E-state index is 14.4. The van der Waals surface area contributed by atoms with Crippen LogP contribution in [0.4, 0.5) is 10.2 Å². The van der Waals surface area contributed by atoms with Crippen molar-refractivity contribution >= 4 is 36.7 Å². The summed E-state index contributed by atoms with van der Waals surface area (Å²) in [4.78, 5) is 37.8. The summed E-state index contributed by atoms with van der Waals surface area (Å²) in [7, 11) is -4.42. The Kier molecular flexibility index (Phi) is 20.2. The number of hydrogen-bond donors (Lipinski definition) is 2. The fourth-order valence-corrected chi connectivity index (χ4v) is 8.72. The highest BCUT2D eigenvalue weighted by Crippen LogP contribution is 2.48. The second kappa shape index (κ2) is 25.0. The van der Waals surface area contributed by atoms with Crippen molar-refractivity contribution < 1.29 is 41.8 Å². The average Bonchev–Trinajstić information content (AvgIpc) is 3.80. The van der Waals surface area contributed by atoms with E-state index >= 15 is 0 Å². The molecule has 1 saturated heterocycles. The number of nitrogens with zero attached hydrogens (tertiary/aromatic N) is 4. The Morgan fingerprint density at radius 2 is 1.55 bits per heavy atom. The molecule has 1 aliphatic rings. The monoisotopic (exact) mass is 856 g/mol. The predicted molar refractivity (Wildman–Crippen MR) is 229 cm³/mol. The van der Waals surface area contributed by atoms with Crippen molar-refractivity contribution in [2.45, 2.75) is 180 Å². The van der Waals surface area contributed by atoms with Crippen molar-refractivity contribution in [3.05, 3.63) is 42.7 Å². The highest BCUT2D eigenvalue weighted by Gasteiger charge is 2.53. The number of esters is 2. The van der Waals surface area contributed by atoms with Gasteiger partial charge in [-0.3, -0.25) is 18.7 Å². The van der Waals surface area contributed by atoms with Crippen molar-refractivity contribution in [3.63, 3.8) is 0 Å². The second-order valence-corrected chi connectivity index (χ2v) is 17.6. The van der Waals surface area contributed by atoms with Gasteiger partial charge in [-0.15, -0.1) is 6.42 Å². The Hall–Kier alpha value is -4.09. The Morgan fingerprint density at radius 1 is 0.967 bits per heavy atom. The van der Waals surface area contributed by atoms with Gasteiger partial charge in [0.05, 0.1) is 12.4 Å². The molecule has 0 spiro atoms. The molecule has 2 aromatic heterocycles. The number of unbranched alkanes of at least 4 members (excludes halogenated alkanes) is 16. The topological polar surface area (TPSA) is 179 Å². The van der Waals surface area contributed by atoms with Crippen molar-refractivity contribution in [3.8, 4) is 18.1 Å². The molecule has 14 nitrogen and oxygen atoms in total. The van der Waals surface area contributed by atoms with E-state index < -0.39 is 62.4 Å². The minimum atomic E-state index is -4.42. The smallest absolute Gasteiger partial charge is 0.459 e.